The van der Waals surface area contributed by atoms with Gasteiger partial charge in [0.2, 0.25) is 0 Å². The number of hydrogen-bond acceptors (Lipinski definition) is 1. The molecule has 0 aliphatic rings. The Labute approximate surface area is 148 Å². The Morgan fingerprint density at radius 2 is 1.58 bits per heavy atom. The van der Waals surface area contributed by atoms with E-state index in [9.17, 15) is 0 Å². The summed E-state index contributed by atoms with van der Waals surface area (Å²) in [6.07, 6.45) is 0. The Hall–Kier alpha value is -2.54. The van der Waals surface area contributed by atoms with Crippen molar-refractivity contribution in [2.75, 3.05) is 0 Å². The minimum absolute atomic E-state index is 0.00356. The molecular weight excluding hydrogens is 292 g/mol. The summed E-state index contributed by atoms with van der Waals surface area (Å²) in [6.45, 7) is 7.91. The molecule has 0 unspecified atom stereocenters. The molecule has 120 valence electrons. The predicted molar refractivity (Wildman–Crippen MR) is 103 cm³/mol. The van der Waals surface area contributed by atoms with E-state index in [1.807, 2.05) is 36.4 Å². The second kappa shape index (κ2) is 5.24. The van der Waals surface area contributed by atoms with E-state index in [-0.39, 0.29) is 29.6 Å². The van der Waals surface area contributed by atoms with Gasteiger partial charge in [-0.25, -0.2) is 0 Å². The van der Waals surface area contributed by atoms with Gasteiger partial charge < -0.3 is 4.42 Å². The molecule has 1 heteroatoms. The first kappa shape index (κ1) is 11.1. The zero-order valence-corrected chi connectivity index (χ0v) is 14.4. The summed E-state index contributed by atoms with van der Waals surface area (Å²) in [6, 6.07) is 11.6. The topological polar surface area (TPSA) is 13.1 Å². The molecule has 3 aromatic carbocycles. The molecule has 1 nitrogen and oxygen atoms in total. The lowest BCUT2D eigenvalue weighted by atomic mass is 9.79. The molecule has 0 aliphatic carbocycles. The number of furan rings is 1. The van der Waals surface area contributed by atoms with Gasteiger partial charge in [0.25, 0.3) is 0 Å². The first-order chi connectivity index (χ1) is 13.1. The molecule has 0 amide bonds. The number of rotatable bonds is 1. The number of benzene rings is 3. The van der Waals surface area contributed by atoms with Crippen LogP contribution in [0.5, 0.6) is 0 Å². The van der Waals surface area contributed by atoms with E-state index in [0.717, 1.165) is 33.1 Å². The predicted octanol–water partition coefficient (Wildman–Crippen LogP) is 6.86. The van der Waals surface area contributed by atoms with Gasteiger partial charge in [0, 0.05) is 10.8 Å². The van der Waals surface area contributed by atoms with Crippen molar-refractivity contribution in [1.82, 2.24) is 0 Å². The Bertz CT molecular complexity index is 1220. The molecule has 4 rings (SSSR count). The fourth-order valence-electron chi connectivity index (χ4n) is 3.31. The van der Waals surface area contributed by atoms with Gasteiger partial charge in [-0.3, -0.25) is 0 Å². The highest BCUT2D eigenvalue weighted by Gasteiger charge is 2.24. The van der Waals surface area contributed by atoms with Crippen molar-refractivity contribution < 1.29 is 9.90 Å². The smallest absolute Gasteiger partial charge is 0.135 e. The Morgan fingerprint density at radius 1 is 0.875 bits per heavy atom. The number of para-hydroxylation sites is 1. The minimum atomic E-state index is -0.296. The van der Waals surface area contributed by atoms with Crippen LogP contribution in [0.1, 0.15) is 37.4 Å². The summed E-state index contributed by atoms with van der Waals surface area (Å²) in [5.74, 6) is 0. The molecule has 0 saturated carbocycles. The summed E-state index contributed by atoms with van der Waals surface area (Å²) in [5.41, 5.74) is 3.67. The van der Waals surface area contributed by atoms with Crippen molar-refractivity contribution >= 4 is 21.9 Å². The molecule has 0 bridgehead atoms. The quantitative estimate of drug-likeness (QED) is 0.373. The molecular formula is C23H22O. The van der Waals surface area contributed by atoms with Crippen LogP contribution >= 0.6 is 0 Å². The van der Waals surface area contributed by atoms with E-state index >= 15 is 0 Å². The third kappa shape index (κ3) is 2.32. The van der Waals surface area contributed by atoms with Crippen LogP contribution in [0.25, 0.3) is 33.1 Å². The van der Waals surface area contributed by atoms with Gasteiger partial charge in [0.1, 0.15) is 11.2 Å². The Morgan fingerprint density at radius 3 is 2.29 bits per heavy atom. The monoisotopic (exact) mass is 318 g/mol. The highest BCUT2D eigenvalue weighted by atomic mass is 16.3. The van der Waals surface area contributed by atoms with Gasteiger partial charge in [-0.05, 0) is 41.2 Å². The Kier molecular flexibility index (Phi) is 2.42. The molecule has 0 N–H and O–H groups in total. The zero-order chi connectivity index (χ0) is 20.4. The van der Waals surface area contributed by atoms with Crippen molar-refractivity contribution in [2.24, 2.45) is 0 Å². The summed E-state index contributed by atoms with van der Waals surface area (Å²) < 4.78 is 39.6. The van der Waals surface area contributed by atoms with E-state index in [1.54, 1.807) is 6.92 Å². The normalized spacial score (nSPS) is 14.5. The molecule has 4 aromatic rings. The second-order valence-electron chi connectivity index (χ2n) is 7.21. The number of fused-ring (bicyclic) bond motifs is 3. The van der Waals surface area contributed by atoms with Crippen LogP contribution in [-0.2, 0) is 5.41 Å². The van der Waals surface area contributed by atoms with Crippen molar-refractivity contribution in [3.63, 3.8) is 0 Å². The van der Waals surface area contributed by atoms with Gasteiger partial charge in [-0.2, -0.15) is 0 Å². The lowest BCUT2D eigenvalue weighted by Gasteiger charge is -2.24. The van der Waals surface area contributed by atoms with Crippen LogP contribution in [0, 0.1) is 6.92 Å². The van der Waals surface area contributed by atoms with Crippen LogP contribution in [0.2, 0.25) is 0 Å². The molecule has 0 aliphatic heterocycles. The van der Waals surface area contributed by atoms with Gasteiger partial charge >= 0.3 is 0 Å². The summed E-state index contributed by atoms with van der Waals surface area (Å²) in [7, 11) is 0. The summed E-state index contributed by atoms with van der Waals surface area (Å²) in [5, 5.41) is 1.96. The van der Waals surface area contributed by atoms with E-state index in [0.29, 0.717) is 11.1 Å². The van der Waals surface area contributed by atoms with E-state index in [2.05, 4.69) is 20.8 Å². The number of hydrogen-bond donors (Lipinski definition) is 0. The average Bonchev–Trinajstić information content (AvgIpc) is 3.02. The molecule has 0 fully saturated rings. The SMILES string of the molecule is [2H]c1c([2H])c(-c2ccc3oc4ccccc4c3c2C(C)(C)C)c([2H])c([2H])c1C. The van der Waals surface area contributed by atoms with E-state index < -0.39 is 0 Å². The average molecular weight is 318 g/mol. The lowest BCUT2D eigenvalue weighted by molar-refractivity contribution is 0.596. The maximum atomic E-state index is 8.53. The molecule has 0 spiro atoms. The fourth-order valence-corrected chi connectivity index (χ4v) is 3.31. The zero-order valence-electron chi connectivity index (χ0n) is 18.4. The van der Waals surface area contributed by atoms with Crippen LogP contribution in [-0.4, -0.2) is 0 Å². The Balaban J connectivity index is 2.23. The van der Waals surface area contributed by atoms with Crippen molar-refractivity contribution in [3.05, 3.63) is 71.7 Å². The first-order valence-corrected chi connectivity index (χ1v) is 8.15. The summed E-state index contributed by atoms with van der Waals surface area (Å²) >= 11 is 0. The first-order valence-electron chi connectivity index (χ1n) is 10.1. The van der Waals surface area contributed by atoms with Crippen molar-refractivity contribution in [1.29, 1.82) is 0 Å². The molecule has 0 atom stereocenters. The highest BCUT2D eigenvalue weighted by Crippen LogP contribution is 2.42. The van der Waals surface area contributed by atoms with Crippen LogP contribution < -0.4 is 0 Å². The highest BCUT2D eigenvalue weighted by molar-refractivity contribution is 6.09. The van der Waals surface area contributed by atoms with Gasteiger partial charge in [-0.1, -0.05) is 74.8 Å². The molecule has 1 heterocycles. The standard InChI is InChI=1S/C23H22O/c1-15-9-11-16(12-10-15)17-13-14-20-21(22(17)23(2,3)4)18-7-5-6-8-19(18)24-20/h5-14H,1-4H3/i9D,10D,11D,12D. The maximum absolute atomic E-state index is 8.53. The lowest BCUT2D eigenvalue weighted by Crippen LogP contribution is -2.13. The van der Waals surface area contributed by atoms with Crippen LogP contribution in [0.3, 0.4) is 0 Å². The third-order valence-corrected chi connectivity index (χ3v) is 4.31. The van der Waals surface area contributed by atoms with Gasteiger partial charge in [-0.15, -0.1) is 0 Å². The second-order valence-corrected chi connectivity index (χ2v) is 7.21. The van der Waals surface area contributed by atoms with Crippen molar-refractivity contribution in [2.45, 2.75) is 33.1 Å². The molecule has 24 heavy (non-hydrogen) atoms. The molecule has 0 radical (unpaired) electrons. The molecule has 0 saturated heterocycles. The minimum Gasteiger partial charge on any atom is -0.456 e. The third-order valence-electron chi connectivity index (χ3n) is 4.31. The fraction of sp³-hybridized carbons (Fsp3) is 0.217. The van der Waals surface area contributed by atoms with E-state index in [4.69, 9.17) is 9.90 Å². The van der Waals surface area contributed by atoms with E-state index in [1.165, 1.54) is 0 Å². The van der Waals surface area contributed by atoms with Crippen LogP contribution in [0.15, 0.2) is 65.0 Å². The van der Waals surface area contributed by atoms with Crippen LogP contribution in [0.4, 0.5) is 0 Å². The van der Waals surface area contributed by atoms with Gasteiger partial charge in [0.05, 0.1) is 5.48 Å². The maximum Gasteiger partial charge on any atom is 0.135 e. The largest absolute Gasteiger partial charge is 0.456 e. The van der Waals surface area contributed by atoms with Gasteiger partial charge in [0.15, 0.2) is 0 Å². The molecule has 1 aromatic heterocycles. The van der Waals surface area contributed by atoms with Crippen molar-refractivity contribution in [3.8, 4) is 11.1 Å². The summed E-state index contributed by atoms with van der Waals surface area (Å²) in [4.78, 5) is 0.